The normalized spacial score (nSPS) is 11.6. The van der Waals surface area contributed by atoms with Crippen molar-refractivity contribution in [3.8, 4) is 11.1 Å². The molecule has 1 heterocycles. The third kappa shape index (κ3) is 2.61. The molecule has 0 bridgehead atoms. The highest BCUT2D eigenvalue weighted by Gasteiger charge is 2.13. The maximum atomic E-state index is 2.24. The van der Waals surface area contributed by atoms with Crippen LogP contribution in [0, 0.1) is 6.92 Å². The van der Waals surface area contributed by atoms with E-state index in [1.54, 1.807) is 0 Å². The fourth-order valence-corrected chi connectivity index (χ4v) is 2.03. The molecule has 0 atom stereocenters. The molecule has 2 rings (SSSR count). The van der Waals surface area contributed by atoms with Crippen molar-refractivity contribution in [3.05, 3.63) is 53.9 Å². The first-order valence-electron chi connectivity index (χ1n) is 6.45. The molecule has 0 unspecified atom stereocenters. The fraction of sp³-hybridized carbons (Fsp3) is 0.353. The quantitative estimate of drug-likeness (QED) is 0.668. The minimum Gasteiger partial charge on any atom is -0.205 e. The summed E-state index contributed by atoms with van der Waals surface area (Å²) in [5.74, 6) is 0. The highest BCUT2D eigenvalue weighted by Crippen LogP contribution is 2.25. The first kappa shape index (κ1) is 12.8. The largest absolute Gasteiger partial charge is 0.205 e. The summed E-state index contributed by atoms with van der Waals surface area (Å²) in [5, 5.41) is 0. The molecule has 0 aliphatic rings. The maximum absolute atomic E-state index is 2.24. The number of benzene rings is 1. The molecule has 0 radical (unpaired) electrons. The van der Waals surface area contributed by atoms with Crippen molar-refractivity contribution < 1.29 is 4.57 Å². The van der Waals surface area contributed by atoms with Gasteiger partial charge in [-0.2, -0.15) is 0 Å². The molecule has 1 heteroatoms. The van der Waals surface area contributed by atoms with E-state index in [0.717, 1.165) is 0 Å². The van der Waals surface area contributed by atoms with Crippen LogP contribution in [0.3, 0.4) is 0 Å². The van der Waals surface area contributed by atoms with Gasteiger partial charge in [0.2, 0.25) is 0 Å². The van der Waals surface area contributed by atoms with Gasteiger partial charge < -0.3 is 0 Å². The molecule has 0 aliphatic carbocycles. The van der Waals surface area contributed by atoms with E-state index in [9.17, 15) is 0 Å². The molecule has 1 aromatic carbocycles. The Morgan fingerprint density at radius 1 is 0.889 bits per heavy atom. The Bertz CT molecular complexity index is 545. The number of rotatable bonds is 1. The van der Waals surface area contributed by atoms with Crippen LogP contribution >= 0.6 is 0 Å². The molecule has 1 nitrogen and oxygen atoms in total. The van der Waals surface area contributed by atoms with Crippen molar-refractivity contribution in [1.29, 1.82) is 0 Å². The topological polar surface area (TPSA) is 3.88 Å². The van der Waals surface area contributed by atoms with Gasteiger partial charge in [-0.3, -0.25) is 0 Å². The number of hydrogen-bond acceptors (Lipinski definition) is 0. The summed E-state index contributed by atoms with van der Waals surface area (Å²) in [5.41, 5.74) is 5.44. The van der Waals surface area contributed by atoms with Crippen molar-refractivity contribution in [2.24, 2.45) is 7.05 Å². The van der Waals surface area contributed by atoms with Crippen LogP contribution in [0.2, 0.25) is 0 Å². The van der Waals surface area contributed by atoms with Gasteiger partial charge in [-0.15, -0.1) is 0 Å². The van der Waals surface area contributed by atoms with Crippen molar-refractivity contribution in [2.75, 3.05) is 0 Å². The summed E-state index contributed by atoms with van der Waals surface area (Å²) in [7, 11) is 2.07. The van der Waals surface area contributed by atoms with Crippen molar-refractivity contribution in [3.63, 3.8) is 0 Å². The lowest BCUT2D eigenvalue weighted by atomic mass is 9.86. The van der Waals surface area contributed by atoms with E-state index in [0.29, 0.717) is 0 Å². The minimum atomic E-state index is 0.220. The number of aromatic nitrogens is 1. The van der Waals surface area contributed by atoms with Gasteiger partial charge in [0.1, 0.15) is 7.05 Å². The molecule has 0 spiro atoms. The van der Waals surface area contributed by atoms with Crippen LogP contribution in [0.1, 0.15) is 32.0 Å². The fourth-order valence-electron chi connectivity index (χ4n) is 2.03. The van der Waals surface area contributed by atoms with Crippen molar-refractivity contribution >= 4 is 0 Å². The van der Waals surface area contributed by atoms with Gasteiger partial charge in [0.05, 0.1) is 0 Å². The van der Waals surface area contributed by atoms with Gasteiger partial charge in [0, 0.05) is 19.1 Å². The van der Waals surface area contributed by atoms with E-state index in [4.69, 9.17) is 0 Å². The predicted octanol–water partition coefficient (Wildman–Crippen LogP) is 3.78. The summed E-state index contributed by atoms with van der Waals surface area (Å²) in [6.45, 7) is 8.87. The molecule has 0 amide bonds. The first-order chi connectivity index (χ1) is 8.38. The average Bonchev–Trinajstić information content (AvgIpc) is 2.32. The van der Waals surface area contributed by atoms with Crippen LogP contribution in [0.15, 0.2) is 42.6 Å². The SMILES string of the molecule is Cc1cc(-c2ccc(C(C)(C)C)cc2)cc[n+]1C. The summed E-state index contributed by atoms with van der Waals surface area (Å²) < 4.78 is 2.13. The van der Waals surface area contributed by atoms with Crippen LogP contribution in [-0.2, 0) is 12.5 Å². The smallest absolute Gasteiger partial charge is 0.178 e. The number of nitrogens with zero attached hydrogens (tertiary/aromatic N) is 1. The summed E-state index contributed by atoms with van der Waals surface area (Å²) in [6, 6.07) is 13.3. The van der Waals surface area contributed by atoms with Gasteiger partial charge in [-0.05, 0) is 22.1 Å². The van der Waals surface area contributed by atoms with E-state index >= 15 is 0 Å². The molecule has 1 aromatic heterocycles. The zero-order chi connectivity index (χ0) is 13.3. The third-order valence-corrected chi connectivity index (χ3v) is 3.48. The monoisotopic (exact) mass is 240 g/mol. The summed E-state index contributed by atoms with van der Waals surface area (Å²) in [6.07, 6.45) is 2.11. The molecule has 18 heavy (non-hydrogen) atoms. The van der Waals surface area contributed by atoms with E-state index in [2.05, 4.69) is 81.9 Å². The lowest BCUT2D eigenvalue weighted by molar-refractivity contribution is -0.677. The Kier molecular flexibility index (Phi) is 3.25. The second-order valence-corrected chi connectivity index (χ2v) is 6.00. The van der Waals surface area contributed by atoms with Crippen molar-refractivity contribution in [2.45, 2.75) is 33.1 Å². The standard InChI is InChI=1S/C17H22N/c1-13-12-15(10-11-18(13)5)14-6-8-16(9-7-14)17(2,3)4/h6-12H,1-5H3/q+1. The van der Waals surface area contributed by atoms with Gasteiger partial charge >= 0.3 is 0 Å². The average molecular weight is 240 g/mol. The van der Waals surface area contributed by atoms with Crippen LogP contribution in [0.25, 0.3) is 11.1 Å². The van der Waals surface area contributed by atoms with Gasteiger partial charge in [-0.25, -0.2) is 4.57 Å². The van der Waals surface area contributed by atoms with Crippen molar-refractivity contribution in [1.82, 2.24) is 0 Å². The van der Waals surface area contributed by atoms with Crippen LogP contribution in [0.4, 0.5) is 0 Å². The van der Waals surface area contributed by atoms with Crippen LogP contribution in [0.5, 0.6) is 0 Å². The van der Waals surface area contributed by atoms with Crippen LogP contribution in [-0.4, -0.2) is 0 Å². The Labute approximate surface area is 110 Å². The lowest BCUT2D eigenvalue weighted by Crippen LogP contribution is -2.30. The Balaban J connectivity index is 2.37. The maximum Gasteiger partial charge on any atom is 0.178 e. The second-order valence-electron chi connectivity index (χ2n) is 6.00. The highest BCUT2D eigenvalue weighted by molar-refractivity contribution is 5.63. The Morgan fingerprint density at radius 2 is 1.50 bits per heavy atom. The summed E-state index contributed by atoms with van der Waals surface area (Å²) in [4.78, 5) is 0. The molecular weight excluding hydrogens is 218 g/mol. The van der Waals surface area contributed by atoms with E-state index in [1.165, 1.54) is 22.4 Å². The molecule has 2 aromatic rings. The number of pyridine rings is 1. The van der Waals surface area contributed by atoms with Crippen LogP contribution < -0.4 is 4.57 Å². The molecule has 0 aliphatic heterocycles. The Hall–Kier alpha value is -1.63. The molecule has 0 saturated carbocycles. The minimum absolute atomic E-state index is 0.220. The van der Waals surface area contributed by atoms with E-state index < -0.39 is 0 Å². The molecule has 0 N–H and O–H groups in total. The number of hydrogen-bond donors (Lipinski definition) is 0. The molecular formula is C17H22N+. The number of aryl methyl sites for hydroxylation is 2. The van der Waals surface area contributed by atoms with Gasteiger partial charge in [0.15, 0.2) is 11.9 Å². The zero-order valence-electron chi connectivity index (χ0n) is 12.0. The predicted molar refractivity (Wildman–Crippen MR) is 76.5 cm³/mol. The second kappa shape index (κ2) is 4.56. The van der Waals surface area contributed by atoms with Gasteiger partial charge in [-0.1, -0.05) is 45.0 Å². The van der Waals surface area contributed by atoms with E-state index in [-0.39, 0.29) is 5.41 Å². The van der Waals surface area contributed by atoms with E-state index in [1.807, 2.05) is 0 Å². The zero-order valence-corrected chi connectivity index (χ0v) is 12.0. The third-order valence-electron chi connectivity index (χ3n) is 3.48. The summed E-state index contributed by atoms with van der Waals surface area (Å²) >= 11 is 0. The molecule has 0 saturated heterocycles. The lowest BCUT2D eigenvalue weighted by Gasteiger charge is -2.19. The Morgan fingerprint density at radius 3 is 2.00 bits per heavy atom. The first-order valence-corrected chi connectivity index (χ1v) is 6.45. The molecule has 94 valence electrons. The van der Waals surface area contributed by atoms with Gasteiger partial charge in [0.25, 0.3) is 0 Å². The molecule has 0 fully saturated rings. The highest BCUT2D eigenvalue weighted by atomic mass is 14.9.